The Bertz CT molecular complexity index is 465. The second kappa shape index (κ2) is 6.56. The van der Waals surface area contributed by atoms with Crippen LogP contribution in [0.3, 0.4) is 0 Å². The van der Waals surface area contributed by atoms with E-state index in [9.17, 15) is 4.79 Å². The fourth-order valence-corrected chi connectivity index (χ4v) is 2.01. The topological polar surface area (TPSA) is 64.3 Å². The largest absolute Gasteiger partial charge is 0.464 e. The molecule has 0 saturated heterocycles. The van der Waals surface area contributed by atoms with Crippen molar-refractivity contribution in [2.45, 2.75) is 19.9 Å². The molecule has 0 bridgehead atoms. The van der Waals surface area contributed by atoms with Gasteiger partial charge in [0.25, 0.3) is 0 Å². The number of thiocarbonyl (C=S) groups is 1. The van der Waals surface area contributed by atoms with Crippen molar-refractivity contribution in [3.63, 3.8) is 0 Å². The molecule has 98 valence electrons. The molecule has 4 nitrogen and oxygen atoms in total. The Morgan fingerprint density at radius 2 is 2.28 bits per heavy atom. The molecule has 18 heavy (non-hydrogen) atoms. The molecule has 0 heterocycles. The molecule has 1 rings (SSSR count). The minimum absolute atomic E-state index is 0.180. The number of carbonyl (C=O) groups is 1. The third-order valence-electron chi connectivity index (χ3n) is 2.27. The van der Waals surface area contributed by atoms with Gasteiger partial charge in [-0.25, -0.2) is 4.79 Å². The first-order valence-corrected chi connectivity index (χ1v) is 6.27. The van der Waals surface area contributed by atoms with Gasteiger partial charge in [0.1, 0.15) is 11.0 Å². The van der Waals surface area contributed by atoms with Gasteiger partial charge in [0.15, 0.2) is 0 Å². The average Bonchev–Trinajstić information content (AvgIpc) is 2.28. The Morgan fingerprint density at radius 3 is 2.83 bits per heavy atom. The Hall–Kier alpha value is -1.33. The Balaban J connectivity index is 2.94. The molecule has 3 N–H and O–H groups in total. The second-order valence-corrected chi connectivity index (χ2v) is 4.49. The zero-order valence-corrected chi connectivity index (χ0v) is 11.8. The highest BCUT2D eigenvalue weighted by molar-refractivity contribution is 7.80. The van der Waals surface area contributed by atoms with Crippen molar-refractivity contribution in [3.8, 4) is 0 Å². The number of rotatable bonds is 5. The van der Waals surface area contributed by atoms with E-state index in [-0.39, 0.29) is 11.0 Å². The molecule has 1 unspecified atom stereocenters. The molecule has 0 saturated carbocycles. The molecule has 0 aliphatic carbocycles. The first-order chi connectivity index (χ1) is 8.47. The molecule has 1 aromatic rings. The molecule has 6 heteroatoms. The molecule has 0 aliphatic rings. The highest BCUT2D eigenvalue weighted by atomic mass is 35.5. The van der Waals surface area contributed by atoms with Gasteiger partial charge < -0.3 is 15.8 Å². The van der Waals surface area contributed by atoms with E-state index in [1.165, 1.54) is 0 Å². The fraction of sp³-hybridized carbons (Fsp3) is 0.333. The average molecular weight is 287 g/mol. The standard InChI is InChI=1S/C12H15ClN2O2S/c1-3-17-12(16)7(2)15-9-6-4-5-8(13)10(9)11(14)18/h4-7,15H,3H2,1-2H3,(H2,14,18). The normalized spacial score (nSPS) is 11.7. The maximum absolute atomic E-state index is 11.5. The smallest absolute Gasteiger partial charge is 0.328 e. The lowest BCUT2D eigenvalue weighted by molar-refractivity contribution is -0.143. The monoisotopic (exact) mass is 286 g/mol. The van der Waals surface area contributed by atoms with Crippen LogP contribution in [-0.2, 0) is 9.53 Å². The van der Waals surface area contributed by atoms with Gasteiger partial charge in [0, 0.05) is 5.69 Å². The van der Waals surface area contributed by atoms with Crippen molar-refractivity contribution >= 4 is 40.5 Å². The maximum atomic E-state index is 11.5. The molecule has 1 atom stereocenters. The number of nitrogens with two attached hydrogens (primary N) is 1. The number of hydrogen-bond acceptors (Lipinski definition) is 4. The van der Waals surface area contributed by atoms with Crippen molar-refractivity contribution in [2.75, 3.05) is 11.9 Å². The quantitative estimate of drug-likeness (QED) is 0.642. The highest BCUT2D eigenvalue weighted by Crippen LogP contribution is 2.24. The van der Waals surface area contributed by atoms with Crippen molar-refractivity contribution in [3.05, 3.63) is 28.8 Å². The number of carbonyl (C=O) groups excluding carboxylic acids is 1. The fourth-order valence-electron chi connectivity index (χ4n) is 1.45. The van der Waals surface area contributed by atoms with Gasteiger partial charge in [0.05, 0.1) is 17.2 Å². The van der Waals surface area contributed by atoms with Gasteiger partial charge in [-0.05, 0) is 26.0 Å². The lowest BCUT2D eigenvalue weighted by atomic mass is 10.1. The number of anilines is 1. The van der Waals surface area contributed by atoms with Crippen LogP contribution >= 0.6 is 23.8 Å². The summed E-state index contributed by atoms with van der Waals surface area (Å²) in [7, 11) is 0. The second-order valence-electron chi connectivity index (χ2n) is 3.64. The molecule has 0 fully saturated rings. The predicted molar refractivity (Wildman–Crippen MR) is 77.1 cm³/mol. The number of hydrogen-bond donors (Lipinski definition) is 2. The van der Waals surface area contributed by atoms with E-state index in [0.717, 1.165) is 0 Å². The van der Waals surface area contributed by atoms with E-state index >= 15 is 0 Å². The van der Waals surface area contributed by atoms with E-state index in [2.05, 4.69) is 5.32 Å². The van der Waals surface area contributed by atoms with Crippen molar-refractivity contribution in [1.82, 2.24) is 0 Å². The van der Waals surface area contributed by atoms with E-state index in [1.54, 1.807) is 32.0 Å². The molecule has 0 radical (unpaired) electrons. The minimum atomic E-state index is -0.503. The van der Waals surface area contributed by atoms with Crippen LogP contribution in [0.1, 0.15) is 19.4 Å². The van der Waals surface area contributed by atoms with E-state index in [0.29, 0.717) is 22.9 Å². The first kappa shape index (κ1) is 14.7. The molecular weight excluding hydrogens is 272 g/mol. The number of benzene rings is 1. The van der Waals surface area contributed by atoms with Crippen LogP contribution < -0.4 is 11.1 Å². The van der Waals surface area contributed by atoms with E-state index in [1.807, 2.05) is 0 Å². The summed E-state index contributed by atoms with van der Waals surface area (Å²) in [5, 5.41) is 3.44. The molecule has 0 aliphatic heterocycles. The number of esters is 1. The predicted octanol–water partition coefficient (Wildman–Crippen LogP) is 2.34. The van der Waals surface area contributed by atoms with Crippen molar-refractivity contribution in [2.24, 2.45) is 5.73 Å². The van der Waals surface area contributed by atoms with E-state index < -0.39 is 6.04 Å². The molecule has 1 aromatic carbocycles. The summed E-state index contributed by atoms with van der Waals surface area (Å²) in [6.07, 6.45) is 0. The van der Waals surface area contributed by atoms with Crippen LogP contribution in [0.5, 0.6) is 0 Å². The lowest BCUT2D eigenvalue weighted by Crippen LogP contribution is -2.29. The van der Waals surface area contributed by atoms with Crippen LogP contribution in [0.4, 0.5) is 5.69 Å². The third kappa shape index (κ3) is 3.58. The summed E-state index contributed by atoms with van der Waals surface area (Å²) in [5.41, 5.74) is 6.77. The van der Waals surface area contributed by atoms with Crippen molar-refractivity contribution < 1.29 is 9.53 Å². The first-order valence-electron chi connectivity index (χ1n) is 5.48. The van der Waals surface area contributed by atoms with Crippen LogP contribution in [-0.4, -0.2) is 23.6 Å². The number of halogens is 1. The summed E-state index contributed by atoms with van der Waals surface area (Å²) >= 11 is 11.0. The number of ether oxygens (including phenoxy) is 1. The zero-order valence-electron chi connectivity index (χ0n) is 10.2. The molecule has 0 amide bonds. The summed E-state index contributed by atoms with van der Waals surface area (Å²) < 4.78 is 4.91. The van der Waals surface area contributed by atoms with Gasteiger partial charge in [0.2, 0.25) is 0 Å². The number of nitrogens with one attached hydrogen (secondary N) is 1. The van der Waals surface area contributed by atoms with Gasteiger partial charge in [-0.2, -0.15) is 0 Å². The van der Waals surface area contributed by atoms with Crippen LogP contribution in [0.15, 0.2) is 18.2 Å². The summed E-state index contributed by atoms with van der Waals surface area (Å²) in [6, 6.07) is 4.70. The Morgan fingerprint density at radius 1 is 1.61 bits per heavy atom. The SMILES string of the molecule is CCOC(=O)C(C)Nc1cccc(Cl)c1C(N)=S. The summed E-state index contributed by atoms with van der Waals surface area (Å²) in [5.74, 6) is -0.341. The summed E-state index contributed by atoms with van der Waals surface area (Å²) in [4.78, 5) is 11.7. The van der Waals surface area contributed by atoms with Crippen molar-refractivity contribution in [1.29, 1.82) is 0 Å². The Kier molecular flexibility index (Phi) is 5.37. The van der Waals surface area contributed by atoms with Gasteiger partial charge >= 0.3 is 5.97 Å². The highest BCUT2D eigenvalue weighted by Gasteiger charge is 2.17. The molecular formula is C12H15ClN2O2S. The van der Waals surface area contributed by atoms with Gasteiger partial charge in [-0.1, -0.05) is 29.9 Å². The lowest BCUT2D eigenvalue weighted by Gasteiger charge is -2.17. The molecule has 0 spiro atoms. The Labute approximate surface area is 116 Å². The third-order valence-corrected chi connectivity index (χ3v) is 2.79. The maximum Gasteiger partial charge on any atom is 0.328 e. The minimum Gasteiger partial charge on any atom is -0.464 e. The van der Waals surface area contributed by atoms with Crippen LogP contribution in [0.25, 0.3) is 0 Å². The zero-order chi connectivity index (χ0) is 13.7. The molecule has 0 aromatic heterocycles. The van der Waals surface area contributed by atoms with Crippen LogP contribution in [0.2, 0.25) is 5.02 Å². The van der Waals surface area contributed by atoms with Crippen LogP contribution in [0, 0.1) is 0 Å². The van der Waals surface area contributed by atoms with Gasteiger partial charge in [-0.15, -0.1) is 0 Å². The van der Waals surface area contributed by atoms with Gasteiger partial charge in [-0.3, -0.25) is 0 Å². The van der Waals surface area contributed by atoms with E-state index in [4.69, 9.17) is 34.3 Å². The summed E-state index contributed by atoms with van der Waals surface area (Å²) in [6.45, 7) is 3.79.